The number of ether oxygens (including phenoxy) is 3. The van der Waals surface area contributed by atoms with E-state index in [-0.39, 0.29) is 16.2 Å². The Labute approximate surface area is 243 Å². The van der Waals surface area contributed by atoms with Gasteiger partial charge in [0.1, 0.15) is 0 Å². The van der Waals surface area contributed by atoms with Crippen molar-refractivity contribution in [1.82, 2.24) is 4.98 Å². The summed E-state index contributed by atoms with van der Waals surface area (Å²) >= 11 is 0. The molecule has 0 unspecified atom stereocenters. The van der Waals surface area contributed by atoms with E-state index in [1.807, 2.05) is 42.6 Å². The molecule has 2 aromatic carbocycles. The van der Waals surface area contributed by atoms with Gasteiger partial charge >= 0.3 is 0 Å². The van der Waals surface area contributed by atoms with Gasteiger partial charge in [-0.05, 0) is 58.4 Å². The summed E-state index contributed by atoms with van der Waals surface area (Å²) in [5.41, 5.74) is 3.74. The van der Waals surface area contributed by atoms with Crippen molar-refractivity contribution >= 4 is 9.84 Å². The second kappa shape index (κ2) is 14.0. The van der Waals surface area contributed by atoms with Gasteiger partial charge in [0.2, 0.25) is 5.75 Å². The Morgan fingerprint density at radius 2 is 1.10 bits per heavy atom. The van der Waals surface area contributed by atoms with Crippen LogP contribution in [-0.2, 0) is 26.1 Å². The van der Waals surface area contributed by atoms with Crippen molar-refractivity contribution in [2.45, 2.75) is 83.5 Å². The van der Waals surface area contributed by atoms with Crippen molar-refractivity contribution in [1.29, 1.82) is 0 Å². The van der Waals surface area contributed by atoms with Crippen LogP contribution in [-0.4, -0.2) is 41.0 Å². The lowest BCUT2D eigenvalue weighted by Gasteiger charge is -2.22. The fourth-order valence-corrected chi connectivity index (χ4v) is 4.15. The maximum absolute atomic E-state index is 11.2. The van der Waals surface area contributed by atoms with E-state index in [9.17, 15) is 8.42 Å². The molecule has 0 radical (unpaired) electrons. The van der Waals surface area contributed by atoms with Gasteiger partial charge in [0, 0.05) is 23.6 Å². The minimum atomic E-state index is -3.07. The lowest BCUT2D eigenvalue weighted by molar-refractivity contribution is 0.322. The topological polar surface area (TPSA) is 74.7 Å². The quantitative estimate of drug-likeness (QED) is 0.318. The molecular formula is C33H49NO5S. The molecule has 0 bridgehead atoms. The Bertz CT molecular complexity index is 1270. The first kappa shape index (κ1) is 35.0. The molecule has 1 aromatic heterocycles. The molecule has 40 heavy (non-hydrogen) atoms. The van der Waals surface area contributed by atoms with Gasteiger partial charge in [-0.2, -0.15) is 0 Å². The molecule has 7 heteroatoms. The predicted molar refractivity (Wildman–Crippen MR) is 166 cm³/mol. The smallest absolute Gasteiger partial charge is 0.203 e. The van der Waals surface area contributed by atoms with E-state index in [0.717, 1.165) is 16.8 Å². The van der Waals surface area contributed by atoms with E-state index in [2.05, 4.69) is 73.4 Å². The molecule has 0 aliphatic carbocycles. The molecule has 0 fully saturated rings. The van der Waals surface area contributed by atoms with Crippen molar-refractivity contribution in [3.8, 4) is 17.2 Å². The standard InChI is InChI=1S/C13H20O3.C11H16O2S.C9H13N/c1-13(2,3)9-7-10(14-4)12(16-6)11(8-9)15-5;1-11(2,3)9-5-7-10(8-6-9)14(4,12)13;1-9(2,3)8-6-4-5-7-10-8/h7-8H,1-6H3;5-8H,1-4H3;4-7H,1-3H3. The number of sulfone groups is 1. The number of aromatic nitrogens is 1. The molecule has 0 N–H and O–H groups in total. The van der Waals surface area contributed by atoms with Crippen LogP contribution >= 0.6 is 0 Å². The molecule has 0 spiro atoms. The van der Waals surface area contributed by atoms with E-state index in [1.165, 1.54) is 6.26 Å². The molecule has 6 nitrogen and oxygen atoms in total. The Kier molecular flexibility index (Phi) is 12.3. The fourth-order valence-electron chi connectivity index (χ4n) is 3.52. The summed E-state index contributed by atoms with van der Waals surface area (Å²) < 4.78 is 38.3. The molecule has 3 aromatic rings. The highest BCUT2D eigenvalue weighted by Crippen LogP contribution is 2.41. The average Bonchev–Trinajstić information content (AvgIpc) is 2.87. The minimum Gasteiger partial charge on any atom is -0.493 e. The van der Waals surface area contributed by atoms with E-state index >= 15 is 0 Å². The maximum atomic E-state index is 11.2. The lowest BCUT2D eigenvalue weighted by atomic mass is 9.86. The molecular weight excluding hydrogens is 522 g/mol. The van der Waals surface area contributed by atoms with Crippen LogP contribution in [0.1, 0.15) is 79.1 Å². The predicted octanol–water partition coefficient (Wildman–Crippen LogP) is 7.78. The first-order valence-electron chi connectivity index (χ1n) is 13.3. The molecule has 1 heterocycles. The summed E-state index contributed by atoms with van der Waals surface area (Å²) in [5.74, 6) is 2.04. The number of nitrogens with zero attached hydrogens (tertiary/aromatic N) is 1. The van der Waals surface area contributed by atoms with Crippen LogP contribution in [0.5, 0.6) is 17.2 Å². The third-order valence-corrected chi connectivity index (χ3v) is 7.24. The summed E-state index contributed by atoms with van der Waals surface area (Å²) in [4.78, 5) is 4.63. The van der Waals surface area contributed by atoms with Gasteiger partial charge in [-0.15, -0.1) is 0 Å². The highest BCUT2D eigenvalue weighted by atomic mass is 32.2. The largest absolute Gasteiger partial charge is 0.493 e. The molecule has 0 aliphatic heterocycles. The van der Waals surface area contributed by atoms with Crippen molar-refractivity contribution in [2.24, 2.45) is 0 Å². The molecule has 0 saturated carbocycles. The number of pyridine rings is 1. The van der Waals surface area contributed by atoms with Gasteiger partial charge in [0.05, 0.1) is 26.2 Å². The second-order valence-electron chi connectivity index (χ2n) is 12.7. The third kappa shape index (κ3) is 10.8. The Morgan fingerprint density at radius 1 is 0.625 bits per heavy atom. The lowest BCUT2D eigenvalue weighted by Crippen LogP contribution is -2.12. The van der Waals surface area contributed by atoms with E-state index < -0.39 is 9.84 Å². The van der Waals surface area contributed by atoms with Gasteiger partial charge in [-0.1, -0.05) is 80.5 Å². The second-order valence-corrected chi connectivity index (χ2v) is 14.7. The van der Waals surface area contributed by atoms with Gasteiger partial charge in [0.15, 0.2) is 21.3 Å². The Hall–Kier alpha value is -3.06. The third-order valence-electron chi connectivity index (χ3n) is 6.11. The average molecular weight is 572 g/mol. The number of benzene rings is 2. The van der Waals surface area contributed by atoms with Crippen LogP contribution in [0.3, 0.4) is 0 Å². The van der Waals surface area contributed by atoms with E-state index in [0.29, 0.717) is 22.1 Å². The van der Waals surface area contributed by atoms with Crippen LogP contribution < -0.4 is 14.2 Å². The summed E-state index contributed by atoms with van der Waals surface area (Å²) in [6.07, 6.45) is 3.06. The molecule has 0 amide bonds. The molecule has 0 atom stereocenters. The van der Waals surface area contributed by atoms with Crippen molar-refractivity contribution in [2.75, 3.05) is 27.6 Å². The van der Waals surface area contributed by atoms with Crippen molar-refractivity contribution in [3.05, 3.63) is 77.6 Å². The van der Waals surface area contributed by atoms with Gasteiger partial charge in [-0.3, -0.25) is 4.98 Å². The number of hydrogen-bond acceptors (Lipinski definition) is 6. The van der Waals surface area contributed by atoms with Crippen LogP contribution in [0.25, 0.3) is 0 Å². The molecule has 0 aliphatic rings. The summed E-state index contributed by atoms with van der Waals surface area (Å²) in [6.45, 7) is 19.2. The van der Waals surface area contributed by atoms with Crippen molar-refractivity contribution in [3.63, 3.8) is 0 Å². The van der Waals surface area contributed by atoms with Crippen LogP contribution in [0.4, 0.5) is 0 Å². The van der Waals surface area contributed by atoms with Gasteiger partial charge < -0.3 is 14.2 Å². The zero-order valence-corrected chi connectivity index (χ0v) is 27.5. The Morgan fingerprint density at radius 3 is 1.38 bits per heavy atom. The fraction of sp³-hybridized carbons (Fsp3) is 0.485. The monoisotopic (exact) mass is 571 g/mol. The molecule has 3 rings (SSSR count). The van der Waals surface area contributed by atoms with Crippen LogP contribution in [0.15, 0.2) is 65.7 Å². The highest BCUT2D eigenvalue weighted by molar-refractivity contribution is 7.90. The van der Waals surface area contributed by atoms with Crippen molar-refractivity contribution < 1.29 is 22.6 Å². The molecule has 222 valence electrons. The first-order chi connectivity index (χ1) is 18.2. The van der Waals surface area contributed by atoms with Gasteiger partial charge in [-0.25, -0.2) is 8.42 Å². The van der Waals surface area contributed by atoms with E-state index in [4.69, 9.17) is 14.2 Å². The number of methoxy groups -OCH3 is 3. The summed E-state index contributed by atoms with van der Waals surface area (Å²) in [7, 11) is 1.80. The summed E-state index contributed by atoms with van der Waals surface area (Å²) in [5, 5.41) is 0. The van der Waals surface area contributed by atoms with E-state index in [1.54, 1.807) is 33.5 Å². The minimum absolute atomic E-state index is 0.0484. The molecule has 0 saturated heterocycles. The highest BCUT2D eigenvalue weighted by Gasteiger charge is 2.20. The van der Waals surface area contributed by atoms with Gasteiger partial charge in [0.25, 0.3) is 0 Å². The zero-order valence-electron chi connectivity index (χ0n) is 26.7. The zero-order chi connectivity index (χ0) is 30.9. The summed E-state index contributed by atoms with van der Waals surface area (Å²) in [6, 6.07) is 17.1. The SMILES string of the molecule is CC(C)(C)c1ccc(S(C)(=O)=O)cc1.CC(C)(C)c1ccccn1.COc1cc(C(C)(C)C)cc(OC)c1OC. The maximum Gasteiger partial charge on any atom is 0.203 e. The number of hydrogen-bond donors (Lipinski definition) is 0. The van der Waals surface area contributed by atoms with Crippen LogP contribution in [0.2, 0.25) is 0 Å². The number of rotatable bonds is 4. The first-order valence-corrected chi connectivity index (χ1v) is 15.2. The normalized spacial score (nSPS) is 11.8. The Balaban J connectivity index is 0.000000308. The van der Waals surface area contributed by atoms with Crippen LogP contribution in [0, 0.1) is 0 Å².